The highest BCUT2D eigenvalue weighted by molar-refractivity contribution is 5.80. The first kappa shape index (κ1) is 22.8. The molecular weight excluding hydrogens is 368 g/mol. The summed E-state index contributed by atoms with van der Waals surface area (Å²) in [6, 6.07) is 5.99. The van der Waals surface area contributed by atoms with E-state index >= 15 is 0 Å². The Kier molecular flexibility index (Phi) is 9.60. The lowest BCUT2D eigenvalue weighted by atomic mass is 9.93. The van der Waals surface area contributed by atoms with Gasteiger partial charge in [0.25, 0.3) is 0 Å². The number of likely N-dealkylation sites (tertiary alicyclic amines) is 1. The number of rotatable bonds is 9. The SMILES string of the molecule is CCCOc1ccc(CN=C(NCC)N2CCC(CC(=O)NC)CC2)cc1OC. The van der Waals surface area contributed by atoms with Crippen LogP contribution >= 0.6 is 0 Å². The Morgan fingerprint density at radius 2 is 2.00 bits per heavy atom. The van der Waals surface area contributed by atoms with E-state index in [1.165, 1.54) is 0 Å². The zero-order chi connectivity index (χ0) is 21.1. The van der Waals surface area contributed by atoms with Crippen molar-refractivity contribution in [2.24, 2.45) is 10.9 Å². The summed E-state index contributed by atoms with van der Waals surface area (Å²) in [5.41, 5.74) is 1.08. The van der Waals surface area contributed by atoms with Crippen LogP contribution in [0.1, 0.15) is 45.1 Å². The van der Waals surface area contributed by atoms with Gasteiger partial charge in [0.2, 0.25) is 5.91 Å². The highest BCUT2D eigenvalue weighted by Gasteiger charge is 2.23. The fourth-order valence-electron chi connectivity index (χ4n) is 3.45. The molecule has 0 bridgehead atoms. The molecule has 0 aliphatic carbocycles. The van der Waals surface area contributed by atoms with Crippen molar-refractivity contribution >= 4 is 11.9 Å². The Balaban J connectivity index is 1.99. The maximum absolute atomic E-state index is 11.6. The summed E-state index contributed by atoms with van der Waals surface area (Å²) in [4.78, 5) is 18.7. The molecule has 0 atom stereocenters. The van der Waals surface area contributed by atoms with Crippen molar-refractivity contribution < 1.29 is 14.3 Å². The molecule has 1 aliphatic rings. The predicted molar refractivity (Wildman–Crippen MR) is 117 cm³/mol. The molecule has 0 spiro atoms. The topological polar surface area (TPSA) is 75.2 Å². The molecule has 1 aliphatic heterocycles. The molecule has 1 saturated heterocycles. The number of methoxy groups -OCH3 is 1. The van der Waals surface area contributed by atoms with Crippen molar-refractivity contribution in [2.45, 2.75) is 46.1 Å². The monoisotopic (exact) mass is 404 g/mol. The predicted octanol–water partition coefficient (Wildman–Crippen LogP) is 2.80. The highest BCUT2D eigenvalue weighted by atomic mass is 16.5. The van der Waals surface area contributed by atoms with Crippen molar-refractivity contribution in [2.75, 3.05) is 40.4 Å². The Morgan fingerprint density at radius 3 is 2.62 bits per heavy atom. The third kappa shape index (κ3) is 7.15. The lowest BCUT2D eigenvalue weighted by molar-refractivity contribution is -0.121. The summed E-state index contributed by atoms with van der Waals surface area (Å²) in [5, 5.41) is 6.12. The number of aliphatic imine (C=N–C) groups is 1. The molecule has 0 aromatic heterocycles. The molecule has 0 radical (unpaired) electrons. The minimum Gasteiger partial charge on any atom is -0.493 e. The average molecular weight is 405 g/mol. The fraction of sp³-hybridized carbons (Fsp3) is 0.636. The second-order valence-corrected chi connectivity index (χ2v) is 7.31. The minimum atomic E-state index is 0.129. The summed E-state index contributed by atoms with van der Waals surface area (Å²) in [6.07, 6.45) is 3.59. The quantitative estimate of drug-likeness (QED) is 0.489. The van der Waals surface area contributed by atoms with Gasteiger partial charge >= 0.3 is 0 Å². The first-order valence-electron chi connectivity index (χ1n) is 10.6. The standard InChI is InChI=1S/C22H36N4O3/c1-5-13-29-19-8-7-18(14-20(19)28-4)16-25-22(24-6-2)26-11-9-17(10-12-26)15-21(27)23-3/h7-8,14,17H,5-6,9-13,15-16H2,1-4H3,(H,23,27)(H,24,25). The van der Waals surface area contributed by atoms with Crippen LogP contribution in [0.2, 0.25) is 0 Å². The van der Waals surface area contributed by atoms with E-state index in [1.54, 1.807) is 14.2 Å². The Bertz CT molecular complexity index is 670. The van der Waals surface area contributed by atoms with E-state index in [0.29, 0.717) is 25.5 Å². The van der Waals surface area contributed by atoms with Gasteiger partial charge in [-0.25, -0.2) is 4.99 Å². The Hall–Kier alpha value is -2.44. The van der Waals surface area contributed by atoms with Crippen LogP contribution in [-0.2, 0) is 11.3 Å². The van der Waals surface area contributed by atoms with E-state index in [9.17, 15) is 4.79 Å². The molecule has 1 aromatic rings. The molecule has 1 amide bonds. The second kappa shape index (κ2) is 12.2. The number of benzene rings is 1. The lowest BCUT2D eigenvalue weighted by Crippen LogP contribution is -2.46. The number of guanidine groups is 1. The van der Waals surface area contributed by atoms with Gasteiger partial charge in [-0.2, -0.15) is 0 Å². The minimum absolute atomic E-state index is 0.129. The fourth-order valence-corrected chi connectivity index (χ4v) is 3.45. The first-order valence-corrected chi connectivity index (χ1v) is 10.6. The maximum Gasteiger partial charge on any atom is 0.220 e. The van der Waals surface area contributed by atoms with Crippen LogP contribution in [0, 0.1) is 5.92 Å². The van der Waals surface area contributed by atoms with Gasteiger partial charge in [-0.1, -0.05) is 13.0 Å². The Labute approximate surface area is 174 Å². The summed E-state index contributed by atoms with van der Waals surface area (Å²) in [7, 11) is 3.36. The average Bonchev–Trinajstić information content (AvgIpc) is 2.75. The largest absolute Gasteiger partial charge is 0.493 e. The van der Waals surface area contributed by atoms with Crippen molar-refractivity contribution in [3.63, 3.8) is 0 Å². The van der Waals surface area contributed by atoms with Crippen LogP contribution in [0.5, 0.6) is 11.5 Å². The van der Waals surface area contributed by atoms with Gasteiger partial charge in [-0.3, -0.25) is 4.79 Å². The molecule has 162 valence electrons. The van der Waals surface area contributed by atoms with E-state index in [-0.39, 0.29) is 5.91 Å². The smallest absolute Gasteiger partial charge is 0.220 e. The van der Waals surface area contributed by atoms with Crippen molar-refractivity contribution in [1.29, 1.82) is 0 Å². The van der Waals surface area contributed by atoms with E-state index in [4.69, 9.17) is 14.5 Å². The van der Waals surface area contributed by atoms with E-state index in [2.05, 4.69) is 29.4 Å². The first-order chi connectivity index (χ1) is 14.1. The molecule has 7 heteroatoms. The van der Waals surface area contributed by atoms with Crippen LogP contribution < -0.4 is 20.1 Å². The number of nitrogens with one attached hydrogen (secondary N) is 2. The molecule has 0 saturated carbocycles. The number of carbonyl (C=O) groups excluding carboxylic acids is 1. The second-order valence-electron chi connectivity index (χ2n) is 7.31. The molecule has 0 unspecified atom stereocenters. The number of carbonyl (C=O) groups is 1. The molecule has 1 aromatic carbocycles. The number of ether oxygens (including phenoxy) is 2. The zero-order valence-electron chi connectivity index (χ0n) is 18.3. The van der Waals surface area contributed by atoms with Crippen LogP contribution in [-0.4, -0.2) is 57.2 Å². The molecule has 1 fully saturated rings. The van der Waals surface area contributed by atoms with Crippen molar-refractivity contribution in [3.8, 4) is 11.5 Å². The van der Waals surface area contributed by atoms with Gasteiger partial charge in [0, 0.05) is 33.1 Å². The third-order valence-corrected chi connectivity index (χ3v) is 5.10. The number of nitrogens with zero attached hydrogens (tertiary/aromatic N) is 2. The van der Waals surface area contributed by atoms with Gasteiger partial charge in [0.05, 0.1) is 20.3 Å². The van der Waals surface area contributed by atoms with Gasteiger partial charge in [0.15, 0.2) is 17.5 Å². The van der Waals surface area contributed by atoms with E-state index < -0.39 is 0 Å². The molecule has 2 N–H and O–H groups in total. The van der Waals surface area contributed by atoms with Crippen LogP contribution in [0.4, 0.5) is 0 Å². The molecule has 1 heterocycles. The molecule has 29 heavy (non-hydrogen) atoms. The maximum atomic E-state index is 11.6. The molecular formula is C22H36N4O3. The third-order valence-electron chi connectivity index (χ3n) is 5.10. The summed E-state index contributed by atoms with van der Waals surface area (Å²) >= 11 is 0. The number of piperidine rings is 1. The molecule has 7 nitrogen and oxygen atoms in total. The van der Waals surface area contributed by atoms with E-state index in [0.717, 1.165) is 61.9 Å². The number of amides is 1. The van der Waals surface area contributed by atoms with Gasteiger partial charge in [-0.05, 0) is 49.8 Å². The summed E-state index contributed by atoms with van der Waals surface area (Å²) < 4.78 is 11.2. The van der Waals surface area contributed by atoms with Gasteiger partial charge in [0.1, 0.15) is 0 Å². The lowest BCUT2D eigenvalue weighted by Gasteiger charge is -2.34. The van der Waals surface area contributed by atoms with Gasteiger partial charge in [-0.15, -0.1) is 0 Å². The highest BCUT2D eigenvalue weighted by Crippen LogP contribution is 2.28. The van der Waals surface area contributed by atoms with Crippen LogP contribution in [0.15, 0.2) is 23.2 Å². The van der Waals surface area contributed by atoms with Crippen molar-refractivity contribution in [1.82, 2.24) is 15.5 Å². The normalized spacial score (nSPS) is 15.2. The zero-order valence-corrected chi connectivity index (χ0v) is 18.3. The van der Waals surface area contributed by atoms with E-state index in [1.807, 2.05) is 18.2 Å². The van der Waals surface area contributed by atoms with Crippen molar-refractivity contribution in [3.05, 3.63) is 23.8 Å². The molecule has 2 rings (SSSR count). The van der Waals surface area contributed by atoms with Gasteiger partial charge < -0.3 is 25.0 Å². The number of hydrogen-bond acceptors (Lipinski definition) is 4. The number of hydrogen-bond donors (Lipinski definition) is 2. The Morgan fingerprint density at radius 1 is 1.24 bits per heavy atom. The van der Waals surface area contributed by atoms with Crippen LogP contribution in [0.3, 0.4) is 0 Å². The summed E-state index contributed by atoms with van der Waals surface area (Å²) in [5.74, 6) is 3.02. The summed E-state index contributed by atoms with van der Waals surface area (Å²) in [6.45, 7) is 8.07. The van der Waals surface area contributed by atoms with Crippen LogP contribution in [0.25, 0.3) is 0 Å².